The highest BCUT2D eigenvalue weighted by atomic mass is 32.2. The number of hydrogen-bond acceptors (Lipinski definition) is 5. The monoisotopic (exact) mass is 337 g/mol. The second-order valence-corrected chi connectivity index (χ2v) is 5.99. The summed E-state index contributed by atoms with van der Waals surface area (Å²) in [5, 5.41) is 9.11. The molecular formula is C17H15N5OS. The van der Waals surface area contributed by atoms with Gasteiger partial charge >= 0.3 is 0 Å². The van der Waals surface area contributed by atoms with Crippen LogP contribution in [0.4, 0.5) is 11.5 Å². The molecule has 1 aromatic heterocycles. The number of pyridine rings is 1. The first-order valence-corrected chi connectivity index (χ1v) is 8.02. The lowest BCUT2D eigenvalue weighted by atomic mass is 10.1. The number of carbonyl (C=O) groups is 1. The lowest BCUT2D eigenvalue weighted by Crippen LogP contribution is -2.19. The smallest absolute Gasteiger partial charge is 0.235 e. The highest BCUT2D eigenvalue weighted by Crippen LogP contribution is 2.40. The molecule has 2 rings (SSSR count). The molecule has 2 aromatic rings. The Bertz CT molecular complexity index is 852. The average Bonchev–Trinajstić information content (AvgIpc) is 2.59. The van der Waals surface area contributed by atoms with Gasteiger partial charge in [-0.15, -0.1) is 0 Å². The number of anilines is 1. The maximum absolute atomic E-state index is 11.9. The average molecular weight is 337 g/mol. The zero-order valence-corrected chi connectivity index (χ0v) is 13.8. The number of nitrogens with two attached hydrogens (primary N) is 2. The molecular weight excluding hydrogens is 322 g/mol. The second-order valence-electron chi connectivity index (χ2n) is 4.89. The van der Waals surface area contributed by atoms with Crippen molar-refractivity contribution in [1.82, 2.24) is 4.98 Å². The van der Waals surface area contributed by atoms with Crippen LogP contribution in [-0.2, 0) is 11.2 Å². The molecule has 24 heavy (non-hydrogen) atoms. The lowest BCUT2D eigenvalue weighted by Gasteiger charge is -2.16. The van der Waals surface area contributed by atoms with E-state index in [1.54, 1.807) is 24.3 Å². The molecule has 1 atom stereocenters. The summed E-state index contributed by atoms with van der Waals surface area (Å²) in [6, 6.07) is 11.1. The minimum atomic E-state index is -0.700. The third-order valence-electron chi connectivity index (χ3n) is 3.43. The highest BCUT2D eigenvalue weighted by Gasteiger charge is 2.24. The largest absolute Gasteiger partial charge is 0.392 e. The number of nitriles is 1. The van der Waals surface area contributed by atoms with E-state index in [4.69, 9.17) is 18.0 Å². The fraction of sp³-hybridized carbons (Fsp3) is 0.176. The van der Waals surface area contributed by atoms with E-state index in [0.717, 1.165) is 11.8 Å². The van der Waals surface area contributed by atoms with Gasteiger partial charge < -0.3 is 11.5 Å². The Kier molecular flexibility index (Phi) is 5.41. The molecule has 0 bridgehead atoms. The molecule has 6 nitrogen and oxygen atoms in total. The Labute approximate surface area is 144 Å². The van der Waals surface area contributed by atoms with E-state index < -0.39 is 11.2 Å². The van der Waals surface area contributed by atoms with Crippen molar-refractivity contribution in [1.29, 1.82) is 5.26 Å². The number of hydrogen-bond donors (Lipinski definition) is 2. The maximum Gasteiger partial charge on any atom is 0.235 e. The molecule has 0 aliphatic carbocycles. The minimum absolute atomic E-state index is 0.0552. The van der Waals surface area contributed by atoms with Gasteiger partial charge in [0.2, 0.25) is 11.6 Å². The molecule has 120 valence electrons. The van der Waals surface area contributed by atoms with Gasteiger partial charge in [0.05, 0.1) is 12.1 Å². The van der Waals surface area contributed by atoms with Gasteiger partial charge in [0.25, 0.3) is 0 Å². The van der Waals surface area contributed by atoms with Crippen LogP contribution in [0.2, 0.25) is 0 Å². The first kappa shape index (κ1) is 17.3. The zero-order valence-electron chi connectivity index (χ0n) is 13.0. The number of amides is 1. The van der Waals surface area contributed by atoms with Crippen LogP contribution in [0.3, 0.4) is 0 Å². The summed E-state index contributed by atoms with van der Waals surface area (Å²) >= 11 is 1.07. The number of nitrogens with zero attached hydrogens (tertiary/aromatic N) is 3. The number of thioether (sulfide) groups is 1. The molecule has 7 heteroatoms. The molecule has 0 spiro atoms. The van der Waals surface area contributed by atoms with Gasteiger partial charge in [0.1, 0.15) is 22.2 Å². The van der Waals surface area contributed by atoms with Crippen LogP contribution in [-0.4, -0.2) is 10.9 Å². The van der Waals surface area contributed by atoms with Crippen molar-refractivity contribution >= 4 is 29.2 Å². The van der Waals surface area contributed by atoms with Crippen LogP contribution in [0.15, 0.2) is 35.4 Å². The van der Waals surface area contributed by atoms with Crippen LogP contribution in [0.5, 0.6) is 0 Å². The standard InChI is InChI=1S/C17H15N5OS/c1-3-11-12(9-18)17(22-15(19)13(11)21-2)24-14(16(20)23)10-7-5-4-6-8-10/h4-8,14H,3H2,1H3,(H2,19,22)(H2,20,23)/t14-/m1/s1. The summed E-state index contributed by atoms with van der Waals surface area (Å²) in [5.41, 5.74) is 13.1. The van der Waals surface area contributed by atoms with Gasteiger partial charge in [-0.25, -0.2) is 9.83 Å². The topological polar surface area (TPSA) is 110 Å². The van der Waals surface area contributed by atoms with Crippen LogP contribution in [0, 0.1) is 17.9 Å². The van der Waals surface area contributed by atoms with Crippen molar-refractivity contribution in [2.45, 2.75) is 23.6 Å². The van der Waals surface area contributed by atoms with Crippen molar-refractivity contribution in [3.05, 3.63) is 58.4 Å². The van der Waals surface area contributed by atoms with E-state index in [0.29, 0.717) is 22.6 Å². The zero-order chi connectivity index (χ0) is 17.7. The Morgan fingerprint density at radius 2 is 2.12 bits per heavy atom. The number of nitrogen functional groups attached to an aromatic ring is 1. The quantitative estimate of drug-likeness (QED) is 0.644. The normalized spacial score (nSPS) is 11.3. The summed E-state index contributed by atoms with van der Waals surface area (Å²) < 4.78 is 0. The summed E-state index contributed by atoms with van der Waals surface area (Å²) in [6.07, 6.45) is 0.466. The number of aromatic nitrogens is 1. The van der Waals surface area contributed by atoms with Crippen LogP contribution in [0.25, 0.3) is 4.85 Å². The van der Waals surface area contributed by atoms with E-state index in [9.17, 15) is 10.1 Å². The molecule has 0 fully saturated rings. The molecule has 0 aliphatic rings. The maximum atomic E-state index is 11.9. The third-order valence-corrected chi connectivity index (χ3v) is 4.69. The summed E-state index contributed by atoms with van der Waals surface area (Å²) in [5.74, 6) is -0.484. The van der Waals surface area contributed by atoms with Gasteiger partial charge in [-0.1, -0.05) is 49.0 Å². The molecule has 1 heterocycles. The first-order chi connectivity index (χ1) is 11.5. The van der Waals surface area contributed by atoms with Crippen molar-refractivity contribution in [2.24, 2.45) is 5.73 Å². The molecule has 1 aromatic carbocycles. The molecule has 1 amide bonds. The Morgan fingerprint density at radius 3 is 2.62 bits per heavy atom. The van der Waals surface area contributed by atoms with E-state index in [-0.39, 0.29) is 17.1 Å². The molecule has 4 N–H and O–H groups in total. The summed E-state index contributed by atoms with van der Waals surface area (Å²) in [6.45, 7) is 9.06. The Hall–Kier alpha value is -3.03. The SMILES string of the molecule is [C-]#[N+]c1c(N)nc(S[C@@H](C(N)=O)c2ccccc2)c(C#N)c1CC. The van der Waals surface area contributed by atoms with Gasteiger partial charge in [0.15, 0.2) is 0 Å². The van der Waals surface area contributed by atoms with Gasteiger partial charge in [0, 0.05) is 0 Å². The van der Waals surface area contributed by atoms with E-state index in [2.05, 4.69) is 15.9 Å². The van der Waals surface area contributed by atoms with Crippen molar-refractivity contribution in [2.75, 3.05) is 5.73 Å². The minimum Gasteiger partial charge on any atom is -0.392 e. The van der Waals surface area contributed by atoms with Crippen molar-refractivity contribution in [3.63, 3.8) is 0 Å². The molecule has 0 unspecified atom stereocenters. The van der Waals surface area contributed by atoms with E-state index in [1.165, 1.54) is 0 Å². The number of rotatable bonds is 5. The Morgan fingerprint density at radius 1 is 1.46 bits per heavy atom. The summed E-state index contributed by atoms with van der Waals surface area (Å²) in [4.78, 5) is 19.4. The fourth-order valence-corrected chi connectivity index (χ4v) is 3.39. The lowest BCUT2D eigenvalue weighted by molar-refractivity contribution is -0.117. The summed E-state index contributed by atoms with van der Waals surface area (Å²) in [7, 11) is 0. The van der Waals surface area contributed by atoms with Crippen molar-refractivity contribution < 1.29 is 4.79 Å². The van der Waals surface area contributed by atoms with Crippen molar-refractivity contribution in [3.8, 4) is 6.07 Å². The van der Waals surface area contributed by atoms with Gasteiger partial charge in [-0.2, -0.15) is 5.26 Å². The van der Waals surface area contributed by atoms with Gasteiger partial charge in [-0.05, 0) is 17.5 Å². The van der Waals surface area contributed by atoms with E-state index in [1.807, 2.05) is 13.0 Å². The predicted molar refractivity (Wildman–Crippen MR) is 93.2 cm³/mol. The number of primary amides is 1. The van der Waals surface area contributed by atoms with Crippen LogP contribution < -0.4 is 11.5 Å². The molecule has 0 saturated carbocycles. The molecule has 0 aliphatic heterocycles. The molecule has 0 radical (unpaired) electrons. The predicted octanol–water partition coefficient (Wildman–Crippen LogP) is 2.97. The Balaban J connectivity index is 2.56. The molecule has 0 saturated heterocycles. The third kappa shape index (κ3) is 3.32. The second kappa shape index (κ2) is 7.49. The number of benzene rings is 1. The number of carbonyl (C=O) groups excluding carboxylic acids is 1. The highest BCUT2D eigenvalue weighted by molar-refractivity contribution is 8.00. The fourth-order valence-electron chi connectivity index (χ4n) is 2.32. The first-order valence-electron chi connectivity index (χ1n) is 7.14. The van der Waals surface area contributed by atoms with Gasteiger partial charge in [-0.3, -0.25) is 4.79 Å². The van der Waals surface area contributed by atoms with Crippen LogP contribution >= 0.6 is 11.8 Å². The van der Waals surface area contributed by atoms with Crippen LogP contribution in [0.1, 0.15) is 28.9 Å². The van der Waals surface area contributed by atoms with E-state index >= 15 is 0 Å².